The summed E-state index contributed by atoms with van der Waals surface area (Å²) in [4.78, 5) is 10.7. The molecule has 6 heteroatoms. The van der Waals surface area contributed by atoms with Gasteiger partial charge >= 0.3 is 0 Å². The Morgan fingerprint density at radius 1 is 1.45 bits per heavy atom. The number of nitrogens with zero attached hydrogens (tertiary/aromatic N) is 3. The monoisotopic (exact) mass is 320 g/mol. The number of nitrogens with one attached hydrogen (secondary N) is 1. The second kappa shape index (κ2) is 6.96. The van der Waals surface area contributed by atoms with Gasteiger partial charge < -0.3 is 14.6 Å². The lowest BCUT2D eigenvalue weighted by molar-refractivity contribution is 0.376. The van der Waals surface area contributed by atoms with Crippen molar-refractivity contribution in [1.82, 2.24) is 15.2 Å². The fourth-order valence-electron chi connectivity index (χ4n) is 2.01. The van der Waals surface area contributed by atoms with Gasteiger partial charge in [-0.15, -0.1) is 0 Å². The largest absolute Gasteiger partial charge is 0.443 e. The first-order chi connectivity index (χ1) is 10.4. The van der Waals surface area contributed by atoms with Crippen LogP contribution in [-0.2, 0) is 18.5 Å². The number of thiophene rings is 1. The van der Waals surface area contributed by atoms with Crippen molar-refractivity contribution < 1.29 is 4.42 Å². The van der Waals surface area contributed by atoms with Crippen molar-refractivity contribution in [2.24, 2.45) is 4.99 Å². The Balaban J connectivity index is 1.92. The van der Waals surface area contributed by atoms with Crippen molar-refractivity contribution in [3.63, 3.8) is 0 Å². The standard InChI is InChI=1S/C16H24N4OS/c1-16(2,3)13-8-18-14(21-13)9-19-15(17-4)20(5)10-12-6-7-22-11-12/h6-8,11H,9-10H2,1-5H3,(H,17,19). The summed E-state index contributed by atoms with van der Waals surface area (Å²) >= 11 is 1.70. The van der Waals surface area contributed by atoms with Crippen molar-refractivity contribution in [2.45, 2.75) is 39.3 Å². The van der Waals surface area contributed by atoms with Crippen LogP contribution < -0.4 is 5.32 Å². The van der Waals surface area contributed by atoms with Gasteiger partial charge in [-0.1, -0.05) is 20.8 Å². The molecule has 2 aromatic rings. The van der Waals surface area contributed by atoms with Crippen molar-refractivity contribution in [3.8, 4) is 0 Å². The quantitative estimate of drug-likeness (QED) is 0.694. The first-order valence-electron chi connectivity index (χ1n) is 7.28. The van der Waals surface area contributed by atoms with Crippen LogP contribution in [0.15, 0.2) is 32.4 Å². The Morgan fingerprint density at radius 2 is 2.23 bits per heavy atom. The average molecular weight is 320 g/mol. The Kier molecular flexibility index (Phi) is 5.24. The molecule has 0 saturated heterocycles. The van der Waals surface area contributed by atoms with Crippen LogP contribution >= 0.6 is 11.3 Å². The zero-order valence-corrected chi connectivity index (χ0v) is 14.7. The summed E-state index contributed by atoms with van der Waals surface area (Å²) in [5.41, 5.74) is 1.25. The molecule has 0 spiro atoms. The molecule has 5 nitrogen and oxygen atoms in total. The lowest BCUT2D eigenvalue weighted by atomic mass is 9.94. The van der Waals surface area contributed by atoms with Gasteiger partial charge in [-0.05, 0) is 22.4 Å². The highest BCUT2D eigenvalue weighted by atomic mass is 32.1. The minimum absolute atomic E-state index is 0.0251. The molecule has 0 aromatic carbocycles. The fourth-order valence-corrected chi connectivity index (χ4v) is 2.67. The summed E-state index contributed by atoms with van der Waals surface area (Å²) in [5, 5.41) is 7.52. The molecule has 2 rings (SSSR count). The molecule has 0 atom stereocenters. The van der Waals surface area contributed by atoms with E-state index in [9.17, 15) is 0 Å². The van der Waals surface area contributed by atoms with Gasteiger partial charge in [0.2, 0.25) is 5.89 Å². The van der Waals surface area contributed by atoms with Crippen LogP contribution in [0.2, 0.25) is 0 Å². The molecule has 120 valence electrons. The van der Waals surface area contributed by atoms with Gasteiger partial charge in [0.1, 0.15) is 5.76 Å². The zero-order chi connectivity index (χ0) is 16.2. The van der Waals surface area contributed by atoms with Crippen LogP contribution in [0.1, 0.15) is 38.0 Å². The Morgan fingerprint density at radius 3 is 2.77 bits per heavy atom. The minimum Gasteiger partial charge on any atom is -0.443 e. The van der Waals surface area contributed by atoms with Gasteiger partial charge in [0.05, 0.1) is 12.7 Å². The predicted molar refractivity (Wildman–Crippen MR) is 91.2 cm³/mol. The molecule has 0 amide bonds. The summed E-state index contributed by atoms with van der Waals surface area (Å²) in [5.74, 6) is 2.39. The van der Waals surface area contributed by atoms with Crippen molar-refractivity contribution in [1.29, 1.82) is 0 Å². The van der Waals surface area contributed by atoms with Crippen LogP contribution in [-0.4, -0.2) is 29.9 Å². The van der Waals surface area contributed by atoms with E-state index < -0.39 is 0 Å². The molecule has 0 aliphatic rings. The van der Waals surface area contributed by atoms with Crippen molar-refractivity contribution in [2.75, 3.05) is 14.1 Å². The molecule has 2 aromatic heterocycles. The van der Waals surface area contributed by atoms with E-state index in [4.69, 9.17) is 4.42 Å². The molecule has 22 heavy (non-hydrogen) atoms. The summed E-state index contributed by atoms with van der Waals surface area (Å²) < 4.78 is 5.78. The van der Waals surface area contributed by atoms with Gasteiger partial charge in [0.25, 0.3) is 0 Å². The Labute approximate surface area is 136 Å². The second-order valence-corrected chi connectivity index (χ2v) is 7.04. The lowest BCUT2D eigenvalue weighted by Gasteiger charge is -2.21. The third-order valence-electron chi connectivity index (χ3n) is 3.26. The van der Waals surface area contributed by atoms with Crippen LogP contribution in [0, 0.1) is 0 Å². The van der Waals surface area contributed by atoms with Gasteiger partial charge in [-0.3, -0.25) is 4.99 Å². The minimum atomic E-state index is -0.0251. The topological polar surface area (TPSA) is 53.7 Å². The van der Waals surface area contributed by atoms with Crippen molar-refractivity contribution >= 4 is 17.3 Å². The highest BCUT2D eigenvalue weighted by Gasteiger charge is 2.19. The predicted octanol–water partition coefficient (Wildman–Crippen LogP) is 3.24. The third kappa shape index (κ3) is 4.34. The highest BCUT2D eigenvalue weighted by molar-refractivity contribution is 7.07. The summed E-state index contributed by atoms with van der Waals surface area (Å²) in [6.45, 7) is 7.67. The molecule has 0 fully saturated rings. The Bertz CT molecular complexity index is 610. The van der Waals surface area contributed by atoms with Gasteiger partial charge in [-0.25, -0.2) is 4.98 Å². The normalized spacial score (nSPS) is 12.5. The number of aromatic nitrogens is 1. The SMILES string of the molecule is CN=C(NCc1ncc(C(C)(C)C)o1)N(C)Cc1ccsc1. The molecule has 0 aliphatic carbocycles. The molecular formula is C16H24N4OS. The smallest absolute Gasteiger partial charge is 0.213 e. The number of hydrogen-bond acceptors (Lipinski definition) is 4. The van der Waals surface area contributed by atoms with E-state index in [1.54, 1.807) is 24.6 Å². The van der Waals surface area contributed by atoms with Crippen LogP contribution in [0.3, 0.4) is 0 Å². The van der Waals surface area contributed by atoms with E-state index in [1.165, 1.54) is 5.56 Å². The maximum absolute atomic E-state index is 5.78. The number of rotatable bonds is 4. The third-order valence-corrected chi connectivity index (χ3v) is 4.00. The fraction of sp³-hybridized carbons (Fsp3) is 0.500. The van der Waals surface area contributed by atoms with Crippen molar-refractivity contribution in [3.05, 3.63) is 40.2 Å². The lowest BCUT2D eigenvalue weighted by Crippen LogP contribution is -2.38. The first-order valence-corrected chi connectivity index (χ1v) is 8.22. The van der Waals surface area contributed by atoms with E-state index in [0.29, 0.717) is 12.4 Å². The first kappa shape index (κ1) is 16.5. The zero-order valence-electron chi connectivity index (χ0n) is 13.9. The number of aliphatic imine (C=N–C) groups is 1. The van der Waals surface area contributed by atoms with E-state index >= 15 is 0 Å². The molecule has 0 radical (unpaired) electrons. The van der Waals surface area contributed by atoms with E-state index in [2.05, 4.69) is 57.8 Å². The molecule has 0 unspecified atom stereocenters. The number of oxazole rings is 1. The van der Waals surface area contributed by atoms with E-state index in [0.717, 1.165) is 18.3 Å². The molecule has 0 aliphatic heterocycles. The number of hydrogen-bond donors (Lipinski definition) is 1. The Hall–Kier alpha value is -1.82. The molecular weight excluding hydrogens is 296 g/mol. The maximum Gasteiger partial charge on any atom is 0.213 e. The molecule has 2 heterocycles. The molecule has 1 N–H and O–H groups in total. The molecule has 0 saturated carbocycles. The van der Waals surface area contributed by atoms with E-state index in [-0.39, 0.29) is 5.41 Å². The van der Waals surface area contributed by atoms with Gasteiger partial charge in [-0.2, -0.15) is 11.3 Å². The van der Waals surface area contributed by atoms with Crippen LogP contribution in [0.4, 0.5) is 0 Å². The van der Waals surface area contributed by atoms with E-state index in [1.807, 2.05) is 7.05 Å². The average Bonchev–Trinajstić information content (AvgIpc) is 3.09. The highest BCUT2D eigenvalue weighted by Crippen LogP contribution is 2.22. The van der Waals surface area contributed by atoms with Gasteiger partial charge in [0, 0.05) is 26.1 Å². The summed E-state index contributed by atoms with van der Waals surface area (Å²) in [7, 11) is 3.80. The number of guanidine groups is 1. The van der Waals surface area contributed by atoms with Crippen LogP contribution in [0.25, 0.3) is 0 Å². The van der Waals surface area contributed by atoms with Gasteiger partial charge in [0.15, 0.2) is 5.96 Å². The second-order valence-electron chi connectivity index (χ2n) is 6.26. The summed E-state index contributed by atoms with van der Waals surface area (Å²) in [6.07, 6.45) is 1.80. The molecule has 0 bridgehead atoms. The maximum atomic E-state index is 5.78. The van der Waals surface area contributed by atoms with Crippen LogP contribution in [0.5, 0.6) is 0 Å². The summed E-state index contributed by atoms with van der Waals surface area (Å²) in [6, 6.07) is 2.12.